The Morgan fingerprint density at radius 3 is 2.20 bits per heavy atom. The lowest BCUT2D eigenvalue weighted by molar-refractivity contribution is 0.0857. The molecule has 2 rings (SSSR count). The highest BCUT2D eigenvalue weighted by atomic mass is 16.3. The van der Waals surface area contributed by atoms with E-state index in [0.29, 0.717) is 6.04 Å². The molecule has 20 heavy (non-hydrogen) atoms. The quantitative estimate of drug-likeness (QED) is 0.902. The third-order valence-corrected chi connectivity index (χ3v) is 4.70. The standard InChI is InChI=1S/C18H29NO/c1-13-5-7-17(8-6-13)19(4)12-18(20)16-10-14(2)9-15(3)11-16/h9-11,13,17-18,20H,5-8,12H2,1-4H3. The number of aliphatic hydroxyl groups excluding tert-OH is 1. The van der Waals surface area contributed by atoms with E-state index in [-0.39, 0.29) is 6.10 Å². The van der Waals surface area contributed by atoms with Crippen molar-refractivity contribution < 1.29 is 5.11 Å². The monoisotopic (exact) mass is 275 g/mol. The molecule has 2 heteroatoms. The van der Waals surface area contributed by atoms with E-state index < -0.39 is 0 Å². The van der Waals surface area contributed by atoms with Crippen molar-refractivity contribution >= 4 is 0 Å². The maximum absolute atomic E-state index is 10.5. The molecule has 112 valence electrons. The number of nitrogens with zero attached hydrogens (tertiary/aromatic N) is 1. The van der Waals surface area contributed by atoms with Crippen molar-refractivity contribution in [3.05, 3.63) is 34.9 Å². The molecule has 0 aliphatic heterocycles. The first-order valence-electron chi connectivity index (χ1n) is 7.92. The average molecular weight is 275 g/mol. The molecule has 1 aromatic carbocycles. The van der Waals surface area contributed by atoms with Crippen LogP contribution in [-0.2, 0) is 0 Å². The lowest BCUT2D eigenvalue weighted by atomic mass is 9.86. The zero-order valence-electron chi connectivity index (χ0n) is 13.4. The molecule has 1 saturated carbocycles. The first-order valence-corrected chi connectivity index (χ1v) is 7.92. The molecule has 1 fully saturated rings. The highest BCUT2D eigenvalue weighted by molar-refractivity contribution is 5.30. The van der Waals surface area contributed by atoms with E-state index in [9.17, 15) is 5.11 Å². The first kappa shape index (κ1) is 15.5. The number of benzene rings is 1. The number of hydrogen-bond donors (Lipinski definition) is 1. The zero-order valence-corrected chi connectivity index (χ0v) is 13.4. The summed E-state index contributed by atoms with van der Waals surface area (Å²) in [6, 6.07) is 7.01. The second kappa shape index (κ2) is 6.73. The maximum atomic E-state index is 10.5. The van der Waals surface area contributed by atoms with Crippen LogP contribution in [0, 0.1) is 19.8 Å². The Bertz CT molecular complexity index is 415. The van der Waals surface area contributed by atoms with Gasteiger partial charge in [0.2, 0.25) is 0 Å². The topological polar surface area (TPSA) is 23.5 Å². The van der Waals surface area contributed by atoms with Gasteiger partial charge in [0.15, 0.2) is 0 Å². The Morgan fingerprint density at radius 1 is 1.10 bits per heavy atom. The number of likely N-dealkylation sites (N-methyl/N-ethyl adjacent to an activating group) is 1. The number of rotatable bonds is 4. The van der Waals surface area contributed by atoms with Gasteiger partial charge < -0.3 is 10.0 Å². The Hall–Kier alpha value is -0.860. The summed E-state index contributed by atoms with van der Waals surface area (Å²) in [6.07, 6.45) is 4.83. The molecule has 1 unspecified atom stereocenters. The molecular weight excluding hydrogens is 246 g/mol. The van der Waals surface area contributed by atoms with Gasteiger partial charge in [0.25, 0.3) is 0 Å². The van der Waals surface area contributed by atoms with Crippen molar-refractivity contribution in [2.75, 3.05) is 13.6 Å². The molecule has 0 aromatic heterocycles. The van der Waals surface area contributed by atoms with E-state index in [1.54, 1.807) is 0 Å². The van der Waals surface area contributed by atoms with Crippen LogP contribution in [-0.4, -0.2) is 29.6 Å². The van der Waals surface area contributed by atoms with Crippen LogP contribution in [0.4, 0.5) is 0 Å². The molecule has 0 bridgehead atoms. The van der Waals surface area contributed by atoms with Crippen LogP contribution in [0.15, 0.2) is 18.2 Å². The molecule has 0 saturated heterocycles. The minimum atomic E-state index is -0.377. The predicted octanol–water partition coefficient (Wildman–Crippen LogP) is 3.85. The molecule has 1 N–H and O–H groups in total. The van der Waals surface area contributed by atoms with Crippen LogP contribution in [0.3, 0.4) is 0 Å². The Balaban J connectivity index is 1.94. The maximum Gasteiger partial charge on any atom is 0.0917 e. The second-order valence-corrected chi connectivity index (χ2v) is 6.79. The number of hydrogen-bond acceptors (Lipinski definition) is 2. The summed E-state index contributed by atoms with van der Waals surface area (Å²) in [4.78, 5) is 2.36. The molecular formula is C18H29NO. The van der Waals surface area contributed by atoms with Gasteiger partial charge in [-0.2, -0.15) is 0 Å². The highest BCUT2D eigenvalue weighted by Gasteiger charge is 2.23. The van der Waals surface area contributed by atoms with Crippen molar-refractivity contribution in [2.45, 2.75) is 58.6 Å². The van der Waals surface area contributed by atoms with Gasteiger partial charge in [-0.1, -0.05) is 36.2 Å². The molecule has 2 nitrogen and oxygen atoms in total. The first-order chi connectivity index (χ1) is 9.45. The summed E-state index contributed by atoms with van der Waals surface area (Å²) < 4.78 is 0. The molecule has 0 spiro atoms. The fourth-order valence-corrected chi connectivity index (χ4v) is 3.41. The minimum Gasteiger partial charge on any atom is -0.387 e. The lowest BCUT2D eigenvalue weighted by Crippen LogP contribution is -2.37. The molecule has 1 atom stereocenters. The van der Waals surface area contributed by atoms with Crippen LogP contribution >= 0.6 is 0 Å². The van der Waals surface area contributed by atoms with Crippen LogP contribution in [0.1, 0.15) is 55.4 Å². The normalized spacial score (nSPS) is 24.9. The summed E-state index contributed by atoms with van der Waals surface area (Å²) in [7, 11) is 2.16. The van der Waals surface area contributed by atoms with Gasteiger partial charge in [0, 0.05) is 12.6 Å². The fraction of sp³-hybridized carbons (Fsp3) is 0.667. The van der Waals surface area contributed by atoms with Crippen LogP contribution in [0.2, 0.25) is 0 Å². The average Bonchev–Trinajstić information content (AvgIpc) is 2.38. The minimum absolute atomic E-state index is 0.377. The molecule has 1 aliphatic rings. The largest absolute Gasteiger partial charge is 0.387 e. The van der Waals surface area contributed by atoms with Crippen molar-refractivity contribution in [1.29, 1.82) is 0 Å². The van der Waals surface area contributed by atoms with Crippen molar-refractivity contribution in [3.63, 3.8) is 0 Å². The van der Waals surface area contributed by atoms with Crippen molar-refractivity contribution in [3.8, 4) is 0 Å². The fourth-order valence-electron chi connectivity index (χ4n) is 3.41. The molecule has 1 aromatic rings. The number of aryl methyl sites for hydroxylation is 2. The Kier molecular flexibility index (Phi) is 5.22. The van der Waals surface area contributed by atoms with Gasteiger partial charge in [0.1, 0.15) is 0 Å². The van der Waals surface area contributed by atoms with Gasteiger partial charge in [-0.25, -0.2) is 0 Å². The zero-order chi connectivity index (χ0) is 14.7. The third kappa shape index (κ3) is 4.07. The van der Waals surface area contributed by atoms with Crippen LogP contribution < -0.4 is 0 Å². The van der Waals surface area contributed by atoms with E-state index in [1.165, 1.54) is 36.8 Å². The highest BCUT2D eigenvalue weighted by Crippen LogP contribution is 2.27. The Labute approximate surface area is 123 Å². The van der Waals surface area contributed by atoms with Gasteiger partial charge >= 0.3 is 0 Å². The van der Waals surface area contributed by atoms with E-state index in [0.717, 1.165) is 18.0 Å². The van der Waals surface area contributed by atoms with E-state index >= 15 is 0 Å². The summed E-state index contributed by atoms with van der Waals surface area (Å²) in [5.41, 5.74) is 3.51. The SMILES string of the molecule is Cc1cc(C)cc(C(O)CN(C)C2CCC(C)CC2)c1. The van der Waals surface area contributed by atoms with Crippen LogP contribution in [0.25, 0.3) is 0 Å². The van der Waals surface area contributed by atoms with E-state index in [4.69, 9.17) is 0 Å². The lowest BCUT2D eigenvalue weighted by Gasteiger charge is -2.34. The van der Waals surface area contributed by atoms with Crippen molar-refractivity contribution in [1.82, 2.24) is 4.90 Å². The summed E-state index contributed by atoms with van der Waals surface area (Å²) in [5, 5.41) is 10.5. The molecule has 1 aliphatic carbocycles. The second-order valence-electron chi connectivity index (χ2n) is 6.79. The van der Waals surface area contributed by atoms with Gasteiger partial charge in [-0.05, 0) is 58.1 Å². The van der Waals surface area contributed by atoms with Gasteiger partial charge in [-0.15, -0.1) is 0 Å². The van der Waals surface area contributed by atoms with Crippen molar-refractivity contribution in [2.24, 2.45) is 5.92 Å². The third-order valence-electron chi connectivity index (χ3n) is 4.70. The van der Waals surface area contributed by atoms with E-state index in [2.05, 4.69) is 50.9 Å². The smallest absolute Gasteiger partial charge is 0.0917 e. The predicted molar refractivity (Wildman–Crippen MR) is 84.9 cm³/mol. The van der Waals surface area contributed by atoms with Gasteiger partial charge in [0.05, 0.1) is 6.10 Å². The summed E-state index contributed by atoms with van der Waals surface area (Å²) in [6.45, 7) is 7.27. The summed E-state index contributed by atoms with van der Waals surface area (Å²) in [5.74, 6) is 0.879. The van der Waals surface area contributed by atoms with Gasteiger partial charge in [-0.3, -0.25) is 0 Å². The van der Waals surface area contributed by atoms with Crippen LogP contribution in [0.5, 0.6) is 0 Å². The van der Waals surface area contributed by atoms with E-state index in [1.807, 2.05) is 0 Å². The molecule has 0 heterocycles. The summed E-state index contributed by atoms with van der Waals surface area (Å²) >= 11 is 0. The Morgan fingerprint density at radius 2 is 1.65 bits per heavy atom. The molecule has 0 amide bonds. The molecule has 0 radical (unpaired) electrons. The number of aliphatic hydroxyl groups is 1.